The predicted molar refractivity (Wildman–Crippen MR) is 63.9 cm³/mol. The van der Waals surface area contributed by atoms with Crippen LogP contribution >= 0.6 is 0 Å². The van der Waals surface area contributed by atoms with Crippen LogP contribution in [0.5, 0.6) is 0 Å². The third-order valence-electron chi connectivity index (χ3n) is 3.01. The van der Waals surface area contributed by atoms with Gasteiger partial charge in [0.25, 0.3) is 0 Å². The van der Waals surface area contributed by atoms with E-state index in [9.17, 15) is 9.90 Å². The number of hydrogen-bond donors (Lipinski definition) is 1. The lowest BCUT2D eigenvalue weighted by molar-refractivity contribution is -0.142. The molecule has 0 amide bonds. The van der Waals surface area contributed by atoms with Crippen LogP contribution in [0.4, 0.5) is 0 Å². The first-order valence-corrected chi connectivity index (χ1v) is 5.93. The Morgan fingerprint density at radius 2 is 2.22 bits per heavy atom. The number of carboxylic acids is 1. The summed E-state index contributed by atoms with van der Waals surface area (Å²) >= 11 is 0. The third-order valence-corrected chi connectivity index (χ3v) is 3.01. The number of nitrogens with zero attached hydrogens (tertiary/aromatic N) is 3. The molecule has 6 heteroatoms. The normalized spacial score (nSPS) is 23.5. The third kappa shape index (κ3) is 2.76. The summed E-state index contributed by atoms with van der Waals surface area (Å²) in [5.74, 6) is -0.465. The van der Waals surface area contributed by atoms with Gasteiger partial charge < -0.3 is 14.5 Å². The molecular formula is C12H17N3O3. The highest BCUT2D eigenvalue weighted by atomic mass is 16.5. The average molecular weight is 251 g/mol. The molecule has 1 heterocycles. The summed E-state index contributed by atoms with van der Waals surface area (Å²) in [6, 6.07) is 0. The molecule has 0 unspecified atom stereocenters. The molecule has 1 aliphatic carbocycles. The number of aromatic nitrogens is 2. The van der Waals surface area contributed by atoms with E-state index in [0.717, 1.165) is 0 Å². The number of rotatable bonds is 4. The molecule has 0 saturated carbocycles. The zero-order chi connectivity index (χ0) is 13.1. The Morgan fingerprint density at radius 1 is 1.50 bits per heavy atom. The van der Waals surface area contributed by atoms with Crippen molar-refractivity contribution in [2.24, 2.45) is 5.92 Å². The van der Waals surface area contributed by atoms with Gasteiger partial charge in [-0.1, -0.05) is 17.3 Å². The zero-order valence-corrected chi connectivity index (χ0v) is 10.5. The number of allylic oxidation sites excluding steroid dienone is 2. The van der Waals surface area contributed by atoms with E-state index in [1.165, 1.54) is 0 Å². The van der Waals surface area contributed by atoms with Crippen molar-refractivity contribution in [2.75, 3.05) is 14.1 Å². The fraction of sp³-hybridized carbons (Fsp3) is 0.583. The molecule has 0 radical (unpaired) electrons. The Bertz CT molecular complexity index is 453. The molecule has 0 aliphatic heterocycles. The average Bonchev–Trinajstić information content (AvgIpc) is 2.76. The van der Waals surface area contributed by atoms with Crippen molar-refractivity contribution in [3.05, 3.63) is 23.9 Å². The molecule has 0 spiro atoms. The molecule has 2 rings (SSSR count). The van der Waals surface area contributed by atoms with Crippen molar-refractivity contribution in [2.45, 2.75) is 25.3 Å². The summed E-state index contributed by atoms with van der Waals surface area (Å²) in [6.45, 7) is 0.587. The van der Waals surface area contributed by atoms with Crippen LogP contribution in [0, 0.1) is 5.92 Å². The Morgan fingerprint density at radius 3 is 2.89 bits per heavy atom. The lowest BCUT2D eigenvalue weighted by atomic mass is 9.83. The van der Waals surface area contributed by atoms with E-state index in [1.54, 1.807) is 0 Å². The second-order valence-corrected chi connectivity index (χ2v) is 4.78. The van der Waals surface area contributed by atoms with E-state index in [0.29, 0.717) is 31.1 Å². The molecule has 0 bridgehead atoms. The number of carbonyl (C=O) groups is 1. The van der Waals surface area contributed by atoms with E-state index in [-0.39, 0.29) is 5.92 Å². The molecule has 1 aromatic rings. The topological polar surface area (TPSA) is 79.5 Å². The van der Waals surface area contributed by atoms with E-state index in [1.807, 2.05) is 31.1 Å². The standard InChI is InChI=1S/C12H17N3O3/c1-15(2)7-10-13-11(18-14-10)8-5-3-4-6-9(8)12(16)17/h3-4,8-9H,5-7H2,1-2H3,(H,16,17)/t8-,9+/m1/s1. The van der Waals surface area contributed by atoms with Gasteiger partial charge in [0.1, 0.15) is 0 Å². The van der Waals surface area contributed by atoms with E-state index < -0.39 is 11.9 Å². The van der Waals surface area contributed by atoms with Gasteiger partial charge in [0.05, 0.1) is 18.4 Å². The summed E-state index contributed by atoms with van der Waals surface area (Å²) in [6.07, 6.45) is 5.03. The summed E-state index contributed by atoms with van der Waals surface area (Å²) in [5.41, 5.74) is 0. The summed E-state index contributed by atoms with van der Waals surface area (Å²) in [5, 5.41) is 13.1. The monoisotopic (exact) mass is 251 g/mol. The fourth-order valence-corrected chi connectivity index (χ4v) is 2.13. The Balaban J connectivity index is 2.16. The summed E-state index contributed by atoms with van der Waals surface area (Å²) in [7, 11) is 3.83. The quantitative estimate of drug-likeness (QED) is 0.812. The lowest BCUT2D eigenvalue weighted by Gasteiger charge is -2.21. The van der Waals surface area contributed by atoms with Gasteiger partial charge in [0.2, 0.25) is 5.89 Å². The van der Waals surface area contributed by atoms with Gasteiger partial charge in [-0.15, -0.1) is 0 Å². The molecule has 98 valence electrons. The van der Waals surface area contributed by atoms with Gasteiger partial charge in [0.15, 0.2) is 5.82 Å². The maximum absolute atomic E-state index is 11.2. The van der Waals surface area contributed by atoms with Crippen molar-refractivity contribution < 1.29 is 14.4 Å². The maximum atomic E-state index is 11.2. The molecule has 1 aromatic heterocycles. The highest BCUT2D eigenvalue weighted by Gasteiger charge is 2.33. The Hall–Kier alpha value is -1.69. The summed E-state index contributed by atoms with van der Waals surface area (Å²) < 4.78 is 5.20. The highest BCUT2D eigenvalue weighted by Crippen LogP contribution is 2.33. The van der Waals surface area contributed by atoms with Gasteiger partial charge in [0, 0.05) is 0 Å². The molecule has 1 N–H and O–H groups in total. The van der Waals surface area contributed by atoms with E-state index >= 15 is 0 Å². The van der Waals surface area contributed by atoms with Crippen LogP contribution in [-0.2, 0) is 11.3 Å². The van der Waals surface area contributed by atoms with Crippen molar-refractivity contribution >= 4 is 5.97 Å². The second kappa shape index (κ2) is 5.30. The van der Waals surface area contributed by atoms with Crippen molar-refractivity contribution in [1.82, 2.24) is 15.0 Å². The molecule has 0 fully saturated rings. The largest absolute Gasteiger partial charge is 0.481 e. The van der Waals surface area contributed by atoms with Crippen LogP contribution in [0.25, 0.3) is 0 Å². The van der Waals surface area contributed by atoms with Gasteiger partial charge in [-0.2, -0.15) is 4.98 Å². The molecular weight excluding hydrogens is 234 g/mol. The van der Waals surface area contributed by atoms with Gasteiger partial charge in [-0.05, 0) is 26.9 Å². The number of aliphatic carboxylic acids is 1. The van der Waals surface area contributed by atoms with E-state index in [4.69, 9.17) is 4.52 Å². The van der Waals surface area contributed by atoms with Crippen molar-refractivity contribution in [3.63, 3.8) is 0 Å². The van der Waals surface area contributed by atoms with Crippen LogP contribution < -0.4 is 0 Å². The fourth-order valence-electron chi connectivity index (χ4n) is 2.13. The minimum absolute atomic E-state index is 0.212. The van der Waals surface area contributed by atoms with Crippen LogP contribution in [0.2, 0.25) is 0 Å². The maximum Gasteiger partial charge on any atom is 0.307 e. The number of hydrogen-bond acceptors (Lipinski definition) is 5. The minimum atomic E-state index is -0.809. The lowest BCUT2D eigenvalue weighted by Crippen LogP contribution is -2.23. The SMILES string of the molecule is CN(C)Cc1noc([C@@H]2CC=CC[C@@H]2C(=O)O)n1. The van der Waals surface area contributed by atoms with Crippen molar-refractivity contribution in [3.8, 4) is 0 Å². The Kier molecular flexibility index (Phi) is 3.76. The van der Waals surface area contributed by atoms with Crippen LogP contribution in [-0.4, -0.2) is 40.2 Å². The van der Waals surface area contributed by atoms with Gasteiger partial charge >= 0.3 is 5.97 Å². The van der Waals surface area contributed by atoms with Gasteiger partial charge in [-0.25, -0.2) is 0 Å². The molecule has 0 aromatic carbocycles. The molecule has 0 saturated heterocycles. The van der Waals surface area contributed by atoms with Crippen LogP contribution in [0.3, 0.4) is 0 Å². The molecule has 1 aliphatic rings. The molecule has 6 nitrogen and oxygen atoms in total. The predicted octanol–water partition coefficient (Wildman–Crippen LogP) is 1.27. The first-order valence-electron chi connectivity index (χ1n) is 5.93. The minimum Gasteiger partial charge on any atom is -0.481 e. The van der Waals surface area contributed by atoms with Crippen molar-refractivity contribution in [1.29, 1.82) is 0 Å². The number of carboxylic acid groups (broad SMARTS) is 1. The Labute approximate surface area is 105 Å². The summed E-state index contributed by atoms with van der Waals surface area (Å²) in [4.78, 5) is 17.4. The zero-order valence-electron chi connectivity index (χ0n) is 10.5. The highest BCUT2D eigenvalue weighted by molar-refractivity contribution is 5.71. The van der Waals surface area contributed by atoms with Gasteiger partial charge in [-0.3, -0.25) is 4.79 Å². The van der Waals surface area contributed by atoms with Crippen LogP contribution in [0.1, 0.15) is 30.5 Å². The first kappa shape index (κ1) is 12.8. The molecule has 2 atom stereocenters. The molecule has 18 heavy (non-hydrogen) atoms. The second-order valence-electron chi connectivity index (χ2n) is 4.78. The van der Waals surface area contributed by atoms with E-state index in [2.05, 4.69) is 10.1 Å². The van der Waals surface area contributed by atoms with Crippen LogP contribution in [0.15, 0.2) is 16.7 Å². The first-order chi connectivity index (χ1) is 8.58. The smallest absolute Gasteiger partial charge is 0.307 e.